The number of nitrogens with zero attached hydrogens (tertiary/aromatic N) is 4. The summed E-state index contributed by atoms with van der Waals surface area (Å²) in [6.45, 7) is 2.09. The summed E-state index contributed by atoms with van der Waals surface area (Å²) >= 11 is 1.03. The highest BCUT2D eigenvalue weighted by atomic mass is 32.2. The molecule has 0 atom stereocenters. The maximum atomic E-state index is 12.9. The van der Waals surface area contributed by atoms with Crippen molar-refractivity contribution in [1.29, 1.82) is 0 Å². The molecule has 1 amide bonds. The second-order valence-corrected chi connectivity index (χ2v) is 8.00. The van der Waals surface area contributed by atoms with Crippen molar-refractivity contribution in [3.8, 4) is 0 Å². The lowest BCUT2D eigenvalue weighted by molar-refractivity contribution is -0.137. The van der Waals surface area contributed by atoms with Crippen LogP contribution < -0.4 is 10.2 Å². The lowest BCUT2D eigenvalue weighted by Gasteiger charge is -2.28. The largest absolute Gasteiger partial charge is 0.417 e. The van der Waals surface area contributed by atoms with E-state index in [1.165, 1.54) is 29.7 Å². The number of alkyl halides is 3. The molecular weight excluding hydrogens is 415 g/mol. The summed E-state index contributed by atoms with van der Waals surface area (Å²) < 4.78 is 40.0. The van der Waals surface area contributed by atoms with Crippen molar-refractivity contribution in [2.24, 2.45) is 0 Å². The molecule has 6 nitrogen and oxygen atoms in total. The number of carbonyl (C=O) groups is 1. The number of benzene rings is 1. The summed E-state index contributed by atoms with van der Waals surface area (Å²) in [4.78, 5) is 14.6. The number of piperidine rings is 1. The third-order valence-corrected chi connectivity index (χ3v) is 5.85. The molecule has 1 aliphatic heterocycles. The molecule has 3 heterocycles. The van der Waals surface area contributed by atoms with Gasteiger partial charge in [0.1, 0.15) is 0 Å². The monoisotopic (exact) mass is 435 g/mol. The Morgan fingerprint density at radius 2 is 1.77 bits per heavy atom. The maximum absolute atomic E-state index is 12.9. The van der Waals surface area contributed by atoms with Gasteiger partial charge in [0.2, 0.25) is 5.91 Å². The minimum absolute atomic E-state index is 0.00488. The van der Waals surface area contributed by atoms with Crippen molar-refractivity contribution >= 4 is 34.7 Å². The van der Waals surface area contributed by atoms with Crippen molar-refractivity contribution < 1.29 is 18.0 Å². The maximum Gasteiger partial charge on any atom is 0.417 e. The van der Waals surface area contributed by atoms with Crippen LogP contribution in [0, 0.1) is 0 Å². The third-order valence-electron chi connectivity index (χ3n) is 4.90. The molecule has 0 aliphatic carbocycles. The number of nitrogens with one attached hydrogen (secondary N) is 1. The molecule has 0 spiro atoms. The second kappa shape index (κ2) is 8.55. The van der Waals surface area contributed by atoms with Gasteiger partial charge in [-0.3, -0.25) is 9.20 Å². The van der Waals surface area contributed by atoms with Gasteiger partial charge in [0.05, 0.1) is 11.3 Å². The smallest absolute Gasteiger partial charge is 0.372 e. The first kappa shape index (κ1) is 20.5. The van der Waals surface area contributed by atoms with Gasteiger partial charge in [0, 0.05) is 30.7 Å². The second-order valence-electron chi connectivity index (χ2n) is 7.06. The average Bonchev–Trinajstić information content (AvgIpc) is 3.15. The first-order chi connectivity index (χ1) is 14.4. The molecule has 1 aromatic carbocycles. The van der Waals surface area contributed by atoms with Crippen molar-refractivity contribution in [1.82, 2.24) is 14.6 Å². The van der Waals surface area contributed by atoms with Crippen molar-refractivity contribution in [3.05, 3.63) is 48.2 Å². The van der Waals surface area contributed by atoms with Crippen LogP contribution in [0.5, 0.6) is 0 Å². The molecule has 0 unspecified atom stereocenters. The molecule has 0 radical (unpaired) electrons. The van der Waals surface area contributed by atoms with Crippen LogP contribution in [0.25, 0.3) is 5.65 Å². The Kier molecular flexibility index (Phi) is 5.85. The van der Waals surface area contributed by atoms with Gasteiger partial charge in [0.25, 0.3) is 0 Å². The highest BCUT2D eigenvalue weighted by Gasteiger charge is 2.31. The zero-order valence-electron chi connectivity index (χ0n) is 16.0. The molecule has 3 aromatic rings. The molecular formula is C20H20F3N5OS. The SMILES string of the molecule is O=C(CSc1nnc2ccc(C(F)(F)F)cn12)Nc1ccc(N2CCCCC2)cc1. The molecule has 4 rings (SSSR count). The minimum Gasteiger partial charge on any atom is -0.372 e. The lowest BCUT2D eigenvalue weighted by atomic mass is 10.1. The van der Waals surface area contributed by atoms with E-state index in [2.05, 4.69) is 20.4 Å². The summed E-state index contributed by atoms with van der Waals surface area (Å²) in [5, 5.41) is 10.8. The predicted molar refractivity (Wildman–Crippen MR) is 110 cm³/mol. The molecule has 0 saturated carbocycles. The first-order valence-corrected chi connectivity index (χ1v) is 10.6. The zero-order chi connectivity index (χ0) is 21.1. The molecule has 10 heteroatoms. The molecule has 0 bridgehead atoms. The van der Waals surface area contributed by atoms with Crippen LogP contribution >= 0.6 is 11.8 Å². The Hall–Kier alpha value is -2.75. The van der Waals surface area contributed by atoms with Gasteiger partial charge in [-0.25, -0.2) is 0 Å². The Morgan fingerprint density at radius 1 is 1.03 bits per heavy atom. The third kappa shape index (κ3) is 4.69. The Balaban J connectivity index is 1.37. The molecule has 1 fully saturated rings. The van der Waals surface area contributed by atoms with Gasteiger partial charge in [-0.15, -0.1) is 10.2 Å². The number of rotatable bonds is 5. The topological polar surface area (TPSA) is 62.5 Å². The highest BCUT2D eigenvalue weighted by Crippen LogP contribution is 2.30. The van der Waals surface area contributed by atoms with Gasteiger partial charge in [-0.2, -0.15) is 13.2 Å². The number of anilines is 2. The average molecular weight is 435 g/mol. The normalized spacial score (nSPS) is 14.8. The van der Waals surface area contributed by atoms with E-state index >= 15 is 0 Å². The van der Waals surface area contributed by atoms with Crippen LogP contribution in [0.1, 0.15) is 24.8 Å². The quantitative estimate of drug-likeness (QED) is 0.599. The van der Waals surface area contributed by atoms with E-state index < -0.39 is 11.7 Å². The van der Waals surface area contributed by atoms with Gasteiger partial charge < -0.3 is 10.2 Å². The molecule has 1 aliphatic rings. The fourth-order valence-electron chi connectivity index (χ4n) is 3.37. The number of pyridine rings is 1. The molecule has 1 saturated heterocycles. The fraction of sp³-hybridized carbons (Fsp3) is 0.350. The minimum atomic E-state index is -4.46. The van der Waals surface area contributed by atoms with E-state index in [4.69, 9.17) is 0 Å². The number of aromatic nitrogens is 3. The standard InChI is InChI=1S/C20H20F3N5OS/c21-20(22,23)14-4-9-17-25-26-19(28(17)12-14)30-13-18(29)24-15-5-7-16(8-6-15)27-10-2-1-3-11-27/h4-9,12H,1-3,10-11,13H2,(H,24,29). The van der Waals surface area contributed by atoms with Gasteiger partial charge in [0.15, 0.2) is 10.8 Å². The van der Waals surface area contributed by atoms with Crippen LogP contribution in [0.2, 0.25) is 0 Å². The van der Waals surface area contributed by atoms with E-state index in [1.54, 1.807) is 0 Å². The lowest BCUT2D eigenvalue weighted by Crippen LogP contribution is -2.29. The molecule has 158 valence electrons. The Morgan fingerprint density at radius 3 is 2.47 bits per heavy atom. The number of carbonyl (C=O) groups excluding carboxylic acids is 1. The van der Waals surface area contributed by atoms with Crippen LogP contribution in [0.3, 0.4) is 0 Å². The summed E-state index contributed by atoms with van der Waals surface area (Å²) in [5.41, 5.74) is 1.30. The zero-order valence-corrected chi connectivity index (χ0v) is 16.8. The van der Waals surface area contributed by atoms with E-state index in [1.807, 2.05) is 24.3 Å². The summed E-state index contributed by atoms with van der Waals surface area (Å²) in [5.74, 6) is -0.264. The number of amides is 1. The summed E-state index contributed by atoms with van der Waals surface area (Å²) in [6.07, 6.45) is 0.128. The van der Waals surface area contributed by atoms with E-state index in [-0.39, 0.29) is 16.8 Å². The van der Waals surface area contributed by atoms with Crippen molar-refractivity contribution in [2.75, 3.05) is 29.1 Å². The number of halogens is 3. The van der Waals surface area contributed by atoms with Crippen LogP contribution in [-0.2, 0) is 11.0 Å². The van der Waals surface area contributed by atoms with Crippen LogP contribution in [0.4, 0.5) is 24.5 Å². The molecule has 2 aromatic heterocycles. The Labute approximate surface area is 175 Å². The van der Waals surface area contributed by atoms with Gasteiger partial charge in [-0.05, 0) is 55.7 Å². The van der Waals surface area contributed by atoms with Crippen LogP contribution in [-0.4, -0.2) is 39.3 Å². The number of fused-ring (bicyclic) bond motifs is 1. The highest BCUT2D eigenvalue weighted by molar-refractivity contribution is 7.99. The van der Waals surface area contributed by atoms with Gasteiger partial charge >= 0.3 is 6.18 Å². The first-order valence-electron chi connectivity index (χ1n) is 9.60. The van der Waals surface area contributed by atoms with E-state index in [0.717, 1.165) is 42.8 Å². The van der Waals surface area contributed by atoms with E-state index in [9.17, 15) is 18.0 Å². The fourth-order valence-corrected chi connectivity index (χ4v) is 4.09. The number of hydrogen-bond donors (Lipinski definition) is 1. The van der Waals surface area contributed by atoms with E-state index in [0.29, 0.717) is 11.3 Å². The van der Waals surface area contributed by atoms with Gasteiger partial charge in [-0.1, -0.05) is 11.8 Å². The number of hydrogen-bond acceptors (Lipinski definition) is 5. The Bertz CT molecular complexity index is 1030. The van der Waals surface area contributed by atoms with Crippen molar-refractivity contribution in [2.45, 2.75) is 30.6 Å². The molecule has 1 N–H and O–H groups in total. The van der Waals surface area contributed by atoms with Crippen LogP contribution in [0.15, 0.2) is 47.8 Å². The predicted octanol–water partition coefficient (Wildman–Crippen LogP) is 4.47. The summed E-state index contributed by atoms with van der Waals surface area (Å²) in [6, 6.07) is 9.89. The number of thioether (sulfide) groups is 1. The van der Waals surface area contributed by atoms with Crippen molar-refractivity contribution in [3.63, 3.8) is 0 Å². The molecule has 30 heavy (non-hydrogen) atoms. The summed E-state index contributed by atoms with van der Waals surface area (Å²) in [7, 11) is 0.